The van der Waals surface area contributed by atoms with Crippen molar-refractivity contribution in [3.8, 4) is 0 Å². The van der Waals surface area contributed by atoms with Crippen LogP contribution >= 0.6 is 0 Å². The van der Waals surface area contributed by atoms with Gasteiger partial charge >= 0.3 is 0 Å². The zero-order valence-electron chi connectivity index (χ0n) is 11.8. The van der Waals surface area contributed by atoms with Crippen molar-refractivity contribution >= 4 is 21.6 Å². The third-order valence-electron chi connectivity index (χ3n) is 2.77. The first kappa shape index (κ1) is 16.5. The van der Waals surface area contributed by atoms with Gasteiger partial charge in [-0.2, -0.15) is 0 Å². The summed E-state index contributed by atoms with van der Waals surface area (Å²) < 4.78 is 24.4. The van der Waals surface area contributed by atoms with E-state index in [1.165, 1.54) is 24.3 Å². The highest BCUT2D eigenvalue weighted by Gasteiger charge is 2.16. The van der Waals surface area contributed by atoms with Crippen LogP contribution in [-0.4, -0.2) is 38.3 Å². The zero-order valence-corrected chi connectivity index (χ0v) is 12.6. The van der Waals surface area contributed by atoms with Crippen LogP contribution in [0.1, 0.15) is 24.2 Å². The molecular weight excluding hydrogens is 280 g/mol. The molecule has 112 valence electrons. The van der Waals surface area contributed by atoms with Crippen molar-refractivity contribution in [3.05, 3.63) is 29.8 Å². The minimum Gasteiger partial charge on any atom is -0.394 e. The summed E-state index contributed by atoms with van der Waals surface area (Å²) in [4.78, 5) is 12.0. The van der Waals surface area contributed by atoms with E-state index < -0.39 is 10.0 Å². The second kappa shape index (κ2) is 6.71. The van der Waals surface area contributed by atoms with Crippen LogP contribution in [0.5, 0.6) is 0 Å². The van der Waals surface area contributed by atoms with Gasteiger partial charge in [0, 0.05) is 11.3 Å². The quantitative estimate of drug-likeness (QED) is 0.724. The molecule has 0 fully saturated rings. The van der Waals surface area contributed by atoms with Crippen LogP contribution in [0.4, 0.5) is 5.69 Å². The maximum atomic E-state index is 12.0. The summed E-state index contributed by atoms with van der Waals surface area (Å²) in [5.74, 6) is -0.182. The van der Waals surface area contributed by atoms with Crippen molar-refractivity contribution in [2.45, 2.75) is 19.9 Å². The second-order valence-electron chi connectivity index (χ2n) is 4.96. The first-order chi connectivity index (χ1) is 9.23. The number of hydrogen-bond donors (Lipinski definition) is 3. The van der Waals surface area contributed by atoms with Crippen LogP contribution in [0.3, 0.4) is 0 Å². The van der Waals surface area contributed by atoms with Gasteiger partial charge in [0.05, 0.1) is 18.9 Å². The highest BCUT2D eigenvalue weighted by atomic mass is 32.2. The first-order valence-corrected chi connectivity index (χ1v) is 8.11. The Morgan fingerprint density at radius 1 is 1.25 bits per heavy atom. The van der Waals surface area contributed by atoms with Crippen LogP contribution in [0, 0.1) is 5.92 Å². The molecule has 0 spiro atoms. The lowest BCUT2D eigenvalue weighted by Crippen LogP contribution is -2.41. The number of sulfonamides is 1. The summed E-state index contributed by atoms with van der Waals surface area (Å²) in [7, 11) is -3.33. The Morgan fingerprint density at radius 3 is 2.20 bits per heavy atom. The molecule has 7 heteroatoms. The van der Waals surface area contributed by atoms with Crippen LogP contribution in [0.25, 0.3) is 0 Å². The van der Waals surface area contributed by atoms with E-state index in [-0.39, 0.29) is 24.5 Å². The van der Waals surface area contributed by atoms with Crippen molar-refractivity contribution < 1.29 is 18.3 Å². The summed E-state index contributed by atoms with van der Waals surface area (Å²) in [6.07, 6.45) is 1.06. The van der Waals surface area contributed by atoms with Crippen LogP contribution < -0.4 is 10.0 Å². The number of aliphatic hydroxyl groups is 1. The minimum absolute atomic E-state index is 0.120. The van der Waals surface area contributed by atoms with E-state index in [4.69, 9.17) is 0 Å². The van der Waals surface area contributed by atoms with Gasteiger partial charge in [0.1, 0.15) is 0 Å². The number of amides is 1. The van der Waals surface area contributed by atoms with E-state index in [0.717, 1.165) is 6.26 Å². The van der Waals surface area contributed by atoms with E-state index in [2.05, 4.69) is 10.0 Å². The number of rotatable bonds is 6. The fourth-order valence-corrected chi connectivity index (χ4v) is 2.14. The summed E-state index contributed by atoms with van der Waals surface area (Å²) in [5.41, 5.74) is 0.801. The molecule has 0 unspecified atom stereocenters. The molecular formula is C13H20N2O4S. The number of carbonyl (C=O) groups excluding carboxylic acids is 1. The maximum Gasteiger partial charge on any atom is 0.251 e. The molecule has 0 saturated heterocycles. The average Bonchev–Trinajstić information content (AvgIpc) is 2.34. The van der Waals surface area contributed by atoms with Gasteiger partial charge in [-0.05, 0) is 30.2 Å². The van der Waals surface area contributed by atoms with E-state index in [1.807, 2.05) is 13.8 Å². The van der Waals surface area contributed by atoms with Crippen LogP contribution in [0.15, 0.2) is 24.3 Å². The van der Waals surface area contributed by atoms with Gasteiger partial charge in [-0.15, -0.1) is 0 Å². The number of carbonyl (C=O) groups is 1. The molecule has 6 nitrogen and oxygen atoms in total. The standard InChI is InChI=1S/C13H20N2O4S/c1-9(2)12(8-16)14-13(17)10-4-6-11(7-5-10)15-20(3,18)19/h4-7,9,12,15-16H,8H2,1-3H3,(H,14,17)/t12-/m1/s1. The molecule has 1 aromatic rings. The van der Waals surface area contributed by atoms with Gasteiger partial charge in [-0.3, -0.25) is 9.52 Å². The van der Waals surface area contributed by atoms with E-state index in [1.54, 1.807) is 0 Å². The van der Waals surface area contributed by atoms with E-state index >= 15 is 0 Å². The average molecular weight is 300 g/mol. The Bertz CT molecular complexity index is 552. The molecule has 20 heavy (non-hydrogen) atoms. The van der Waals surface area contributed by atoms with E-state index in [0.29, 0.717) is 11.3 Å². The Kier molecular flexibility index (Phi) is 5.52. The highest BCUT2D eigenvalue weighted by Crippen LogP contribution is 2.11. The third-order valence-corrected chi connectivity index (χ3v) is 3.37. The van der Waals surface area contributed by atoms with Crippen LogP contribution in [0.2, 0.25) is 0 Å². The Labute approximate surface area is 119 Å². The van der Waals surface area contributed by atoms with Gasteiger partial charge < -0.3 is 10.4 Å². The van der Waals surface area contributed by atoms with Crippen molar-refractivity contribution in [3.63, 3.8) is 0 Å². The van der Waals surface area contributed by atoms with E-state index in [9.17, 15) is 18.3 Å². The Morgan fingerprint density at radius 2 is 1.80 bits per heavy atom. The third kappa shape index (κ3) is 5.18. The van der Waals surface area contributed by atoms with Gasteiger partial charge in [0.15, 0.2) is 0 Å². The highest BCUT2D eigenvalue weighted by molar-refractivity contribution is 7.92. The van der Waals surface area contributed by atoms with Gasteiger partial charge in [0.25, 0.3) is 5.91 Å². The molecule has 0 aliphatic carbocycles. The normalized spacial score (nSPS) is 13.1. The molecule has 0 aromatic heterocycles. The zero-order chi connectivity index (χ0) is 15.3. The first-order valence-electron chi connectivity index (χ1n) is 6.22. The SMILES string of the molecule is CC(C)[C@@H](CO)NC(=O)c1ccc(NS(C)(=O)=O)cc1. The lowest BCUT2D eigenvalue weighted by Gasteiger charge is -2.19. The Hall–Kier alpha value is -1.60. The smallest absolute Gasteiger partial charge is 0.251 e. The number of hydrogen-bond acceptors (Lipinski definition) is 4. The van der Waals surface area contributed by atoms with Crippen molar-refractivity contribution in [1.82, 2.24) is 5.32 Å². The summed E-state index contributed by atoms with van der Waals surface area (Å²) in [5, 5.41) is 11.9. The van der Waals surface area contributed by atoms with Crippen molar-refractivity contribution in [2.75, 3.05) is 17.6 Å². The summed E-state index contributed by atoms with van der Waals surface area (Å²) in [6, 6.07) is 5.77. The molecule has 1 aromatic carbocycles. The predicted octanol–water partition coefficient (Wildman–Crippen LogP) is 0.805. The van der Waals surface area contributed by atoms with Gasteiger partial charge in [0.2, 0.25) is 10.0 Å². The summed E-state index contributed by atoms with van der Waals surface area (Å²) in [6.45, 7) is 3.68. The Balaban J connectivity index is 2.75. The molecule has 0 aliphatic rings. The maximum absolute atomic E-state index is 12.0. The lowest BCUT2D eigenvalue weighted by molar-refractivity contribution is 0.0897. The largest absolute Gasteiger partial charge is 0.394 e. The molecule has 1 atom stereocenters. The molecule has 0 aliphatic heterocycles. The van der Waals surface area contributed by atoms with Crippen molar-refractivity contribution in [2.24, 2.45) is 5.92 Å². The van der Waals surface area contributed by atoms with Crippen molar-refractivity contribution in [1.29, 1.82) is 0 Å². The molecule has 1 rings (SSSR count). The molecule has 0 saturated carbocycles. The fourth-order valence-electron chi connectivity index (χ4n) is 1.58. The molecule has 3 N–H and O–H groups in total. The number of benzene rings is 1. The number of aliphatic hydroxyl groups excluding tert-OH is 1. The molecule has 1 amide bonds. The number of anilines is 1. The second-order valence-corrected chi connectivity index (χ2v) is 6.71. The monoisotopic (exact) mass is 300 g/mol. The minimum atomic E-state index is -3.33. The molecule has 0 radical (unpaired) electrons. The number of nitrogens with one attached hydrogen (secondary N) is 2. The van der Waals surface area contributed by atoms with Crippen LogP contribution in [-0.2, 0) is 10.0 Å². The lowest BCUT2D eigenvalue weighted by atomic mass is 10.0. The summed E-state index contributed by atoms with van der Waals surface area (Å²) >= 11 is 0. The molecule has 0 heterocycles. The van der Waals surface area contributed by atoms with Gasteiger partial charge in [-0.1, -0.05) is 13.8 Å². The van der Waals surface area contributed by atoms with Gasteiger partial charge in [-0.25, -0.2) is 8.42 Å². The fraction of sp³-hybridized carbons (Fsp3) is 0.462. The topological polar surface area (TPSA) is 95.5 Å². The predicted molar refractivity (Wildman–Crippen MR) is 78.1 cm³/mol. The molecule has 0 bridgehead atoms.